The van der Waals surface area contributed by atoms with Gasteiger partial charge in [-0.25, -0.2) is 4.79 Å². The Hall–Kier alpha value is -2.59. The minimum atomic E-state index is -0.941. The monoisotopic (exact) mass is 624 g/mol. The topological polar surface area (TPSA) is 118 Å². The van der Waals surface area contributed by atoms with Crippen molar-refractivity contribution in [3.63, 3.8) is 0 Å². The molecule has 4 N–H and O–H groups in total. The maximum Gasteiger partial charge on any atom is 0.481 e. The number of carbonyl (C=O) groups is 3. The molecule has 4 aliphatic rings. The number of nitrogens with one attached hydrogen (secondary N) is 4. The summed E-state index contributed by atoms with van der Waals surface area (Å²) in [6, 6.07) is 7.72. The molecule has 5 rings (SSSR count). The first-order chi connectivity index (χ1) is 21.4. The highest BCUT2D eigenvalue weighted by atomic mass is 16.7. The zero-order valence-corrected chi connectivity index (χ0v) is 28.5. The Morgan fingerprint density at radius 1 is 0.956 bits per heavy atom. The molecule has 0 radical (unpaired) electrons. The number of anilines is 1. The van der Waals surface area contributed by atoms with Gasteiger partial charge < -0.3 is 30.6 Å². The van der Waals surface area contributed by atoms with E-state index in [2.05, 4.69) is 62.8 Å². The second-order valence-corrected chi connectivity index (χ2v) is 14.8. The molecule has 1 heterocycles. The van der Waals surface area contributed by atoms with Gasteiger partial charge in [-0.15, -0.1) is 0 Å². The van der Waals surface area contributed by atoms with Crippen LogP contribution in [0.4, 0.5) is 10.5 Å². The number of urea groups is 1. The molecule has 4 fully saturated rings. The summed E-state index contributed by atoms with van der Waals surface area (Å²) in [5.41, 5.74) is 0.476. The van der Waals surface area contributed by atoms with E-state index in [0.29, 0.717) is 30.4 Å². The van der Waals surface area contributed by atoms with E-state index in [4.69, 9.17) is 9.31 Å². The minimum absolute atomic E-state index is 0.00617. The number of benzene rings is 1. The van der Waals surface area contributed by atoms with E-state index in [1.54, 1.807) is 12.1 Å². The van der Waals surface area contributed by atoms with Crippen molar-refractivity contribution in [3.05, 3.63) is 30.3 Å². The molecule has 1 aromatic rings. The van der Waals surface area contributed by atoms with Crippen molar-refractivity contribution in [2.75, 3.05) is 11.9 Å². The fraction of sp³-hybridized carbons (Fsp3) is 0.743. The molecule has 45 heavy (non-hydrogen) atoms. The highest BCUT2D eigenvalue weighted by molar-refractivity contribution is 6.48. The highest BCUT2D eigenvalue weighted by Crippen LogP contribution is 2.65. The number of rotatable bonds is 17. The number of carbonyl (C=O) groups excluding carboxylic acids is 3. The van der Waals surface area contributed by atoms with E-state index in [-0.39, 0.29) is 47.3 Å². The van der Waals surface area contributed by atoms with Crippen LogP contribution in [0, 0.1) is 23.2 Å². The molecular weight excluding hydrogens is 567 g/mol. The quantitative estimate of drug-likeness (QED) is 0.121. The van der Waals surface area contributed by atoms with Crippen molar-refractivity contribution < 1.29 is 23.7 Å². The Morgan fingerprint density at radius 3 is 2.31 bits per heavy atom. The molecule has 10 heteroatoms. The van der Waals surface area contributed by atoms with Gasteiger partial charge in [0.05, 0.1) is 17.6 Å². The number of unbranched alkanes of at least 4 members (excludes halogenated alkanes) is 6. The fourth-order valence-corrected chi connectivity index (χ4v) is 7.71. The largest absolute Gasteiger partial charge is 0.481 e. The van der Waals surface area contributed by atoms with Gasteiger partial charge >= 0.3 is 13.1 Å². The molecule has 3 aliphatic carbocycles. The molecule has 0 unspecified atom stereocenters. The Kier molecular flexibility index (Phi) is 12.4. The molecule has 0 spiro atoms. The van der Waals surface area contributed by atoms with E-state index in [0.717, 1.165) is 32.1 Å². The Bertz CT molecular complexity index is 1130. The summed E-state index contributed by atoms with van der Waals surface area (Å²) in [4.78, 5) is 39.5. The van der Waals surface area contributed by atoms with Gasteiger partial charge in [0.2, 0.25) is 11.8 Å². The number of hydrogen-bond acceptors (Lipinski definition) is 5. The first-order valence-electron chi connectivity index (χ1n) is 17.5. The lowest BCUT2D eigenvalue weighted by Gasteiger charge is -2.64. The minimum Gasteiger partial charge on any atom is -0.404 e. The summed E-state index contributed by atoms with van der Waals surface area (Å²) in [6.45, 7) is 13.2. The molecule has 4 amide bonds. The van der Waals surface area contributed by atoms with Gasteiger partial charge in [-0.05, 0) is 67.9 Å². The van der Waals surface area contributed by atoms with E-state index in [9.17, 15) is 14.4 Å². The SMILES string of the molecule is CCCCCCCCCC(=O)N[C@@H](CNC(=O)Nc1ccccc1)C(=O)N[C@@H](CC(C)C)B1O[C@@H]2C[C@@H]3C[C@@H](C3(C)C)[C@]2(C)O1. The first kappa shape index (κ1) is 35.3. The molecule has 1 aliphatic heterocycles. The number of para-hydroxylation sites is 1. The lowest BCUT2D eigenvalue weighted by molar-refractivity contribution is -0.199. The summed E-state index contributed by atoms with van der Waals surface area (Å²) in [7, 11) is -0.570. The summed E-state index contributed by atoms with van der Waals surface area (Å²) in [6.07, 6.45) is 10.9. The van der Waals surface area contributed by atoms with Crippen LogP contribution in [-0.2, 0) is 18.9 Å². The van der Waals surface area contributed by atoms with Crippen molar-refractivity contribution in [1.29, 1.82) is 0 Å². The molecule has 6 atom stereocenters. The third-order valence-electron chi connectivity index (χ3n) is 10.5. The average Bonchev–Trinajstić information content (AvgIpc) is 3.36. The second-order valence-electron chi connectivity index (χ2n) is 14.8. The van der Waals surface area contributed by atoms with Crippen LogP contribution >= 0.6 is 0 Å². The lowest BCUT2D eigenvalue weighted by Crippen LogP contribution is -2.65. The van der Waals surface area contributed by atoms with Crippen LogP contribution in [0.25, 0.3) is 0 Å². The number of hydrogen-bond donors (Lipinski definition) is 4. The predicted molar refractivity (Wildman–Crippen MR) is 180 cm³/mol. The molecular formula is C35H57BN4O5. The standard InChI is InChI=1S/C35H57BN4O5/c1-7-8-9-10-11-12-16-19-31(41)39-27(23-37-33(43)38-26-17-14-13-15-18-26)32(42)40-30(20-24(2)3)36-44-29-22-25-21-28(34(25,4)5)35(29,6)45-36/h13-15,17-18,24-25,27-30H,7-12,16,19-23H2,1-6H3,(H,39,41)(H,40,42)(H2,37,38,43)/t25-,27-,28-,29+,30-,35-/m0/s1. The summed E-state index contributed by atoms with van der Waals surface area (Å²) >= 11 is 0. The van der Waals surface area contributed by atoms with Gasteiger partial charge in [0.15, 0.2) is 0 Å². The first-order valence-corrected chi connectivity index (χ1v) is 17.5. The van der Waals surface area contributed by atoms with Crippen molar-refractivity contribution in [3.8, 4) is 0 Å². The van der Waals surface area contributed by atoms with Gasteiger partial charge in [-0.3, -0.25) is 9.59 Å². The average molecular weight is 625 g/mol. The van der Waals surface area contributed by atoms with Crippen LogP contribution in [0.1, 0.15) is 112 Å². The molecule has 3 saturated carbocycles. The fourth-order valence-electron chi connectivity index (χ4n) is 7.71. The highest BCUT2D eigenvalue weighted by Gasteiger charge is 2.68. The van der Waals surface area contributed by atoms with Crippen molar-refractivity contribution in [1.82, 2.24) is 16.0 Å². The Balaban J connectivity index is 1.38. The van der Waals surface area contributed by atoms with Crippen LogP contribution in [0.15, 0.2) is 30.3 Å². The van der Waals surface area contributed by atoms with Crippen LogP contribution in [-0.4, -0.2) is 55.2 Å². The summed E-state index contributed by atoms with van der Waals surface area (Å²) < 4.78 is 13.3. The van der Waals surface area contributed by atoms with Crippen LogP contribution in [0.3, 0.4) is 0 Å². The van der Waals surface area contributed by atoms with Crippen molar-refractivity contribution in [2.24, 2.45) is 23.2 Å². The van der Waals surface area contributed by atoms with Gasteiger partial charge in [-0.2, -0.15) is 0 Å². The number of amides is 4. The van der Waals surface area contributed by atoms with E-state index in [1.807, 2.05) is 18.2 Å². The lowest BCUT2D eigenvalue weighted by atomic mass is 9.43. The molecule has 1 saturated heterocycles. The Labute approximate surface area is 271 Å². The van der Waals surface area contributed by atoms with Crippen molar-refractivity contribution in [2.45, 2.75) is 136 Å². The maximum atomic E-state index is 13.8. The van der Waals surface area contributed by atoms with Gasteiger partial charge in [0.25, 0.3) is 0 Å². The van der Waals surface area contributed by atoms with E-state index < -0.39 is 19.2 Å². The summed E-state index contributed by atoms with van der Waals surface area (Å²) in [5.74, 6) is 0.392. The Morgan fingerprint density at radius 2 is 1.64 bits per heavy atom. The zero-order valence-electron chi connectivity index (χ0n) is 28.5. The van der Waals surface area contributed by atoms with Crippen LogP contribution in [0.5, 0.6) is 0 Å². The third-order valence-corrected chi connectivity index (χ3v) is 10.5. The van der Waals surface area contributed by atoms with Gasteiger partial charge in [0, 0.05) is 18.7 Å². The van der Waals surface area contributed by atoms with Gasteiger partial charge in [0.1, 0.15) is 6.04 Å². The van der Waals surface area contributed by atoms with E-state index >= 15 is 0 Å². The molecule has 250 valence electrons. The molecule has 2 bridgehead atoms. The van der Waals surface area contributed by atoms with Gasteiger partial charge in [-0.1, -0.05) is 91.3 Å². The summed E-state index contributed by atoms with van der Waals surface area (Å²) in [5, 5.41) is 11.6. The van der Waals surface area contributed by atoms with E-state index in [1.165, 1.54) is 25.7 Å². The molecule has 0 aromatic heterocycles. The third kappa shape index (κ3) is 9.03. The van der Waals surface area contributed by atoms with Crippen LogP contribution in [0.2, 0.25) is 0 Å². The zero-order chi connectivity index (χ0) is 32.6. The molecule has 1 aromatic carbocycles. The maximum absolute atomic E-state index is 13.8. The smallest absolute Gasteiger partial charge is 0.404 e. The predicted octanol–water partition coefficient (Wildman–Crippen LogP) is 6.23. The molecule has 9 nitrogen and oxygen atoms in total. The second kappa shape index (κ2) is 15.8. The van der Waals surface area contributed by atoms with Crippen molar-refractivity contribution >= 4 is 30.7 Å². The van der Waals surface area contributed by atoms with Crippen LogP contribution < -0.4 is 21.3 Å². The normalized spacial score (nSPS) is 25.9.